The fraction of sp³-hybridized carbons (Fsp3) is 0.824. The summed E-state index contributed by atoms with van der Waals surface area (Å²) in [4.78, 5) is 6.53. The third kappa shape index (κ3) is 2.43. The van der Waals surface area contributed by atoms with Crippen LogP contribution in [-0.2, 0) is 17.4 Å². The fourth-order valence-corrected chi connectivity index (χ4v) is 5.74. The smallest absolute Gasteiger partial charge is 0.113 e. The summed E-state index contributed by atoms with van der Waals surface area (Å²) in [5.74, 6) is 0. The molecule has 0 amide bonds. The van der Waals surface area contributed by atoms with Gasteiger partial charge in [-0.15, -0.1) is 11.3 Å². The first kappa shape index (κ1) is 14.5. The van der Waals surface area contributed by atoms with Gasteiger partial charge in [0.25, 0.3) is 0 Å². The van der Waals surface area contributed by atoms with Gasteiger partial charge in [0.2, 0.25) is 0 Å². The van der Waals surface area contributed by atoms with Crippen LogP contribution in [0.1, 0.15) is 81.8 Å². The Morgan fingerprint density at radius 2 is 1.70 bits per heavy atom. The Bertz CT molecular complexity index is 507. The van der Waals surface area contributed by atoms with Crippen LogP contribution in [-0.4, -0.2) is 4.98 Å². The van der Waals surface area contributed by atoms with Crippen molar-refractivity contribution >= 4 is 11.3 Å². The minimum atomic E-state index is -0.138. The molecule has 0 bridgehead atoms. The van der Waals surface area contributed by atoms with Crippen LogP contribution in [0.2, 0.25) is 0 Å². The van der Waals surface area contributed by atoms with E-state index in [0.29, 0.717) is 5.41 Å². The summed E-state index contributed by atoms with van der Waals surface area (Å²) in [5.41, 5.74) is 8.50. The Hall–Kier alpha value is -0.410. The van der Waals surface area contributed by atoms with Gasteiger partial charge in [0.05, 0.1) is 11.2 Å². The lowest BCUT2D eigenvalue weighted by atomic mass is 9.67. The molecule has 3 heteroatoms. The molecule has 2 N–H and O–H groups in total. The van der Waals surface area contributed by atoms with Gasteiger partial charge >= 0.3 is 0 Å². The molecular formula is C17H28N2S. The molecule has 2 nitrogen and oxygen atoms in total. The van der Waals surface area contributed by atoms with Crippen molar-refractivity contribution < 1.29 is 0 Å². The molecular weight excluding hydrogens is 264 g/mol. The van der Waals surface area contributed by atoms with Gasteiger partial charge in [-0.2, -0.15) is 0 Å². The Labute approximate surface area is 127 Å². The quantitative estimate of drug-likeness (QED) is 0.827. The van der Waals surface area contributed by atoms with Crippen LogP contribution in [0, 0.1) is 5.41 Å². The number of fused-ring (bicyclic) bond motifs is 1. The zero-order valence-corrected chi connectivity index (χ0v) is 14.2. The molecule has 2 aliphatic carbocycles. The maximum Gasteiger partial charge on any atom is 0.113 e. The third-order valence-electron chi connectivity index (χ3n) is 5.05. The number of nitrogens with two attached hydrogens (primary N) is 1. The summed E-state index contributed by atoms with van der Waals surface area (Å²) >= 11 is 1.91. The normalized spacial score (nSPS) is 27.1. The summed E-state index contributed by atoms with van der Waals surface area (Å²) in [7, 11) is 0. The molecule has 0 saturated heterocycles. The minimum absolute atomic E-state index is 0.138. The van der Waals surface area contributed by atoms with E-state index >= 15 is 0 Å². The first-order chi connectivity index (χ1) is 9.22. The summed E-state index contributed by atoms with van der Waals surface area (Å²) in [6.07, 6.45) is 8.44. The number of hydrogen-bond acceptors (Lipinski definition) is 3. The average Bonchev–Trinajstić information content (AvgIpc) is 2.72. The van der Waals surface area contributed by atoms with Crippen LogP contribution >= 0.6 is 11.3 Å². The lowest BCUT2D eigenvalue weighted by Crippen LogP contribution is -2.38. The van der Waals surface area contributed by atoms with E-state index in [2.05, 4.69) is 27.7 Å². The maximum atomic E-state index is 6.70. The SMILES string of the molecule is CC1(C)Cc2nc(C3(N)CCCCC3)sc2C(C)(C)C1. The standard InChI is InChI=1S/C17H28N2S/c1-15(2)10-12-13(16(3,4)11-15)20-14(19-12)17(18)8-6-5-7-9-17/h5-11,18H2,1-4H3. The van der Waals surface area contributed by atoms with Crippen LogP contribution < -0.4 is 5.73 Å². The zero-order chi connectivity index (χ0) is 14.6. The largest absolute Gasteiger partial charge is 0.319 e. The predicted molar refractivity (Wildman–Crippen MR) is 86.2 cm³/mol. The van der Waals surface area contributed by atoms with Crippen LogP contribution in [0.5, 0.6) is 0 Å². The molecule has 0 aromatic carbocycles. The molecule has 1 aromatic heterocycles. The van der Waals surface area contributed by atoms with Crippen molar-refractivity contribution in [1.82, 2.24) is 4.98 Å². The number of nitrogens with zero attached hydrogens (tertiary/aromatic N) is 1. The molecule has 0 spiro atoms. The van der Waals surface area contributed by atoms with E-state index in [-0.39, 0.29) is 11.0 Å². The number of thiazole rings is 1. The minimum Gasteiger partial charge on any atom is -0.319 e. The Morgan fingerprint density at radius 3 is 2.35 bits per heavy atom. The fourth-order valence-electron chi connectivity index (χ4n) is 4.40. The Kier molecular flexibility index (Phi) is 3.30. The van der Waals surface area contributed by atoms with Crippen molar-refractivity contribution in [3.8, 4) is 0 Å². The molecule has 3 rings (SSSR count). The van der Waals surface area contributed by atoms with Crippen molar-refractivity contribution in [1.29, 1.82) is 0 Å². The molecule has 0 unspecified atom stereocenters. The molecule has 0 aliphatic heterocycles. The lowest BCUT2D eigenvalue weighted by Gasteiger charge is -2.39. The Balaban J connectivity index is 2.00. The summed E-state index contributed by atoms with van der Waals surface area (Å²) in [5, 5.41) is 1.22. The van der Waals surface area contributed by atoms with Gasteiger partial charge in [0.1, 0.15) is 5.01 Å². The second-order valence-corrected chi connectivity index (χ2v) is 9.41. The maximum absolute atomic E-state index is 6.70. The first-order valence-corrected chi connectivity index (χ1v) is 8.83. The van der Waals surface area contributed by atoms with Gasteiger partial charge in [0, 0.05) is 10.3 Å². The highest BCUT2D eigenvalue weighted by Crippen LogP contribution is 2.49. The third-order valence-corrected chi connectivity index (χ3v) is 6.73. The second-order valence-electron chi connectivity index (χ2n) is 8.41. The van der Waals surface area contributed by atoms with Gasteiger partial charge in [-0.05, 0) is 31.1 Å². The van der Waals surface area contributed by atoms with E-state index in [1.54, 1.807) is 0 Å². The molecule has 20 heavy (non-hydrogen) atoms. The van der Waals surface area contributed by atoms with Crippen molar-refractivity contribution in [2.24, 2.45) is 11.1 Å². The molecule has 1 fully saturated rings. The van der Waals surface area contributed by atoms with Crippen LogP contribution in [0.25, 0.3) is 0 Å². The summed E-state index contributed by atoms with van der Waals surface area (Å²) in [6, 6.07) is 0. The molecule has 2 aliphatic rings. The number of hydrogen-bond donors (Lipinski definition) is 1. The van der Waals surface area contributed by atoms with E-state index < -0.39 is 0 Å². The van der Waals surface area contributed by atoms with Crippen LogP contribution in [0.3, 0.4) is 0 Å². The van der Waals surface area contributed by atoms with Crippen LogP contribution in [0.15, 0.2) is 0 Å². The summed E-state index contributed by atoms with van der Waals surface area (Å²) in [6.45, 7) is 9.49. The molecule has 1 saturated carbocycles. The van der Waals surface area contributed by atoms with Gasteiger partial charge < -0.3 is 5.73 Å². The van der Waals surface area contributed by atoms with E-state index in [1.807, 2.05) is 11.3 Å². The molecule has 1 aromatic rings. The van der Waals surface area contributed by atoms with Crippen molar-refractivity contribution in [2.75, 3.05) is 0 Å². The van der Waals surface area contributed by atoms with Crippen LogP contribution in [0.4, 0.5) is 0 Å². The zero-order valence-electron chi connectivity index (χ0n) is 13.4. The van der Waals surface area contributed by atoms with Crippen molar-refractivity contribution in [3.63, 3.8) is 0 Å². The van der Waals surface area contributed by atoms with E-state index in [4.69, 9.17) is 10.7 Å². The van der Waals surface area contributed by atoms with Crippen molar-refractivity contribution in [2.45, 2.75) is 83.6 Å². The average molecular weight is 292 g/mol. The second kappa shape index (κ2) is 4.54. The van der Waals surface area contributed by atoms with E-state index in [9.17, 15) is 0 Å². The number of rotatable bonds is 1. The van der Waals surface area contributed by atoms with E-state index in [0.717, 1.165) is 19.3 Å². The first-order valence-electron chi connectivity index (χ1n) is 8.02. The van der Waals surface area contributed by atoms with Crippen molar-refractivity contribution in [3.05, 3.63) is 15.6 Å². The van der Waals surface area contributed by atoms with Gasteiger partial charge in [-0.1, -0.05) is 47.0 Å². The van der Waals surface area contributed by atoms with E-state index in [1.165, 1.54) is 41.3 Å². The van der Waals surface area contributed by atoms with Gasteiger partial charge in [-0.25, -0.2) is 4.98 Å². The number of aromatic nitrogens is 1. The monoisotopic (exact) mass is 292 g/mol. The molecule has 1 heterocycles. The van der Waals surface area contributed by atoms with Gasteiger partial charge in [0.15, 0.2) is 0 Å². The molecule has 0 atom stereocenters. The summed E-state index contributed by atoms with van der Waals surface area (Å²) < 4.78 is 0. The highest BCUT2D eigenvalue weighted by Gasteiger charge is 2.42. The molecule has 0 radical (unpaired) electrons. The topological polar surface area (TPSA) is 38.9 Å². The highest BCUT2D eigenvalue weighted by molar-refractivity contribution is 7.12. The predicted octanol–water partition coefficient (Wildman–Crippen LogP) is 4.51. The highest BCUT2D eigenvalue weighted by atomic mass is 32.1. The Morgan fingerprint density at radius 1 is 1.05 bits per heavy atom. The molecule has 112 valence electrons. The lowest BCUT2D eigenvalue weighted by molar-refractivity contribution is 0.232. The van der Waals surface area contributed by atoms with Gasteiger partial charge in [-0.3, -0.25) is 0 Å².